The van der Waals surface area contributed by atoms with Crippen LogP contribution in [-0.2, 0) is 0 Å². The monoisotopic (exact) mass is 182 g/mol. The summed E-state index contributed by atoms with van der Waals surface area (Å²) in [5, 5.41) is -0.174. The minimum Gasteiger partial charge on any atom is -0.329 e. The van der Waals surface area contributed by atoms with E-state index in [1.807, 2.05) is 6.07 Å². The Labute approximate surface area is 77.1 Å². The van der Waals surface area contributed by atoms with E-state index < -0.39 is 0 Å². The molecule has 0 radical (unpaired) electrons. The van der Waals surface area contributed by atoms with Gasteiger partial charge in [-0.2, -0.15) is 0 Å². The van der Waals surface area contributed by atoms with Crippen LogP contribution in [0.2, 0.25) is 0 Å². The van der Waals surface area contributed by atoms with Crippen LogP contribution in [0.15, 0.2) is 25.0 Å². The lowest BCUT2D eigenvalue weighted by atomic mass is 10.1. The lowest BCUT2D eigenvalue weighted by Gasteiger charge is -2.08. The first-order valence-corrected chi connectivity index (χ1v) is 4.13. The number of nitrogens with zero attached hydrogens (tertiary/aromatic N) is 1. The summed E-state index contributed by atoms with van der Waals surface area (Å²) in [4.78, 5) is 3.97. The first-order valence-electron chi connectivity index (χ1n) is 3.70. The third-order valence-electron chi connectivity index (χ3n) is 1.65. The van der Waals surface area contributed by atoms with Gasteiger partial charge in [-0.1, -0.05) is 12.7 Å². The van der Waals surface area contributed by atoms with Gasteiger partial charge in [-0.3, -0.25) is 4.98 Å². The second-order valence-corrected chi connectivity index (χ2v) is 2.94. The zero-order valence-corrected chi connectivity index (χ0v) is 7.46. The van der Waals surface area contributed by atoms with Gasteiger partial charge in [0.05, 0.1) is 5.38 Å². The van der Waals surface area contributed by atoms with Crippen molar-refractivity contribution in [2.75, 3.05) is 6.54 Å². The smallest absolute Gasteiger partial charge is 0.0728 e. The molecule has 1 aromatic rings. The molecule has 3 heteroatoms. The summed E-state index contributed by atoms with van der Waals surface area (Å²) in [5.74, 6) is 0. The van der Waals surface area contributed by atoms with Crippen LogP contribution in [0.4, 0.5) is 0 Å². The summed E-state index contributed by atoms with van der Waals surface area (Å²) in [7, 11) is 0. The number of pyridine rings is 1. The van der Waals surface area contributed by atoms with E-state index in [9.17, 15) is 0 Å². The molecule has 1 rings (SSSR count). The quantitative estimate of drug-likeness (QED) is 0.726. The third-order valence-corrected chi connectivity index (χ3v) is 2.06. The zero-order chi connectivity index (χ0) is 8.97. The van der Waals surface area contributed by atoms with Crippen molar-refractivity contribution < 1.29 is 0 Å². The first-order chi connectivity index (χ1) is 5.79. The maximum absolute atomic E-state index is 5.96. The van der Waals surface area contributed by atoms with E-state index >= 15 is 0 Å². The molecule has 0 saturated carbocycles. The Bertz CT molecular complexity index is 273. The van der Waals surface area contributed by atoms with Crippen LogP contribution in [-0.4, -0.2) is 11.5 Å². The van der Waals surface area contributed by atoms with E-state index in [2.05, 4.69) is 11.6 Å². The van der Waals surface area contributed by atoms with Crippen molar-refractivity contribution in [3.63, 3.8) is 0 Å². The van der Waals surface area contributed by atoms with E-state index in [1.54, 1.807) is 18.5 Å². The normalized spacial score (nSPS) is 12.5. The standard InChI is InChI=1S/C9H11ClN2/c1-2-7-3-4-12-6-8(7)9(10)5-11/h2-4,6,9H,1,5,11H2. The molecule has 0 amide bonds. The zero-order valence-electron chi connectivity index (χ0n) is 6.70. The highest BCUT2D eigenvalue weighted by Gasteiger charge is 2.08. The molecule has 0 fully saturated rings. The molecule has 0 saturated heterocycles. The molecular weight excluding hydrogens is 172 g/mol. The van der Waals surface area contributed by atoms with Gasteiger partial charge in [-0.25, -0.2) is 0 Å². The maximum atomic E-state index is 5.96. The molecule has 0 aromatic carbocycles. The number of hydrogen-bond acceptors (Lipinski definition) is 2. The van der Waals surface area contributed by atoms with Crippen LogP contribution < -0.4 is 5.73 Å². The summed E-state index contributed by atoms with van der Waals surface area (Å²) < 4.78 is 0. The van der Waals surface area contributed by atoms with Gasteiger partial charge in [-0.15, -0.1) is 11.6 Å². The molecule has 2 N–H and O–H groups in total. The SMILES string of the molecule is C=Cc1ccncc1C(Cl)CN. The molecule has 64 valence electrons. The van der Waals surface area contributed by atoms with Crippen molar-refractivity contribution in [3.05, 3.63) is 36.2 Å². The highest BCUT2D eigenvalue weighted by molar-refractivity contribution is 6.21. The van der Waals surface area contributed by atoms with Crippen LogP contribution in [0.5, 0.6) is 0 Å². The second-order valence-electron chi connectivity index (χ2n) is 2.41. The van der Waals surface area contributed by atoms with Crippen molar-refractivity contribution in [1.29, 1.82) is 0 Å². The molecular formula is C9H11ClN2. The molecule has 1 heterocycles. The van der Waals surface area contributed by atoms with E-state index in [-0.39, 0.29) is 5.38 Å². The Morgan fingerprint density at radius 3 is 3.08 bits per heavy atom. The molecule has 0 spiro atoms. The first kappa shape index (κ1) is 9.23. The largest absolute Gasteiger partial charge is 0.329 e. The van der Waals surface area contributed by atoms with Crippen molar-refractivity contribution in [2.24, 2.45) is 5.73 Å². The van der Waals surface area contributed by atoms with Crippen LogP contribution in [0.3, 0.4) is 0 Å². The Morgan fingerprint density at radius 1 is 1.75 bits per heavy atom. The fourth-order valence-electron chi connectivity index (χ4n) is 0.992. The van der Waals surface area contributed by atoms with Crippen LogP contribution in [0, 0.1) is 0 Å². The lowest BCUT2D eigenvalue weighted by Crippen LogP contribution is -2.08. The van der Waals surface area contributed by atoms with Gasteiger partial charge in [0.2, 0.25) is 0 Å². The van der Waals surface area contributed by atoms with Gasteiger partial charge >= 0.3 is 0 Å². The van der Waals surface area contributed by atoms with Crippen molar-refractivity contribution >= 4 is 17.7 Å². The van der Waals surface area contributed by atoms with Crippen LogP contribution in [0.25, 0.3) is 6.08 Å². The fourth-order valence-corrected chi connectivity index (χ4v) is 1.17. The molecule has 12 heavy (non-hydrogen) atoms. The number of nitrogens with two attached hydrogens (primary N) is 1. The van der Waals surface area contributed by atoms with Crippen LogP contribution in [0.1, 0.15) is 16.5 Å². The van der Waals surface area contributed by atoms with E-state index in [4.69, 9.17) is 17.3 Å². The maximum Gasteiger partial charge on any atom is 0.0728 e. The van der Waals surface area contributed by atoms with Crippen molar-refractivity contribution in [3.8, 4) is 0 Å². The van der Waals surface area contributed by atoms with E-state index in [0.29, 0.717) is 6.54 Å². The summed E-state index contributed by atoms with van der Waals surface area (Å²) in [6, 6.07) is 1.87. The minimum absolute atomic E-state index is 0.174. The third kappa shape index (κ3) is 1.84. The topological polar surface area (TPSA) is 38.9 Å². The molecule has 0 aliphatic heterocycles. The number of hydrogen-bond donors (Lipinski definition) is 1. The fraction of sp³-hybridized carbons (Fsp3) is 0.222. The van der Waals surface area contributed by atoms with Gasteiger partial charge < -0.3 is 5.73 Å². The molecule has 1 atom stereocenters. The molecule has 0 aliphatic rings. The van der Waals surface area contributed by atoms with Gasteiger partial charge in [0, 0.05) is 18.9 Å². The average Bonchev–Trinajstić information content (AvgIpc) is 2.16. The number of aromatic nitrogens is 1. The van der Waals surface area contributed by atoms with E-state index in [0.717, 1.165) is 11.1 Å². The Hall–Kier alpha value is -0.860. The van der Waals surface area contributed by atoms with Gasteiger partial charge in [0.15, 0.2) is 0 Å². The van der Waals surface area contributed by atoms with Crippen molar-refractivity contribution in [2.45, 2.75) is 5.38 Å². The lowest BCUT2D eigenvalue weighted by molar-refractivity contribution is 0.919. The van der Waals surface area contributed by atoms with Crippen molar-refractivity contribution in [1.82, 2.24) is 4.98 Å². The van der Waals surface area contributed by atoms with Gasteiger partial charge in [-0.05, 0) is 17.2 Å². The van der Waals surface area contributed by atoms with E-state index in [1.165, 1.54) is 0 Å². The predicted octanol–water partition coefficient (Wildman–Crippen LogP) is 1.96. The minimum atomic E-state index is -0.174. The summed E-state index contributed by atoms with van der Waals surface area (Å²) >= 11 is 5.96. The number of alkyl halides is 1. The Morgan fingerprint density at radius 2 is 2.50 bits per heavy atom. The highest BCUT2D eigenvalue weighted by Crippen LogP contribution is 2.22. The Balaban J connectivity index is 3.04. The highest BCUT2D eigenvalue weighted by atomic mass is 35.5. The number of rotatable bonds is 3. The summed E-state index contributed by atoms with van der Waals surface area (Å²) in [5.41, 5.74) is 7.37. The predicted molar refractivity (Wildman–Crippen MR) is 52.0 cm³/mol. The molecule has 1 aromatic heterocycles. The molecule has 0 bridgehead atoms. The van der Waals surface area contributed by atoms with Gasteiger partial charge in [0.1, 0.15) is 0 Å². The summed E-state index contributed by atoms with van der Waals surface area (Å²) in [6.45, 7) is 4.09. The molecule has 0 aliphatic carbocycles. The van der Waals surface area contributed by atoms with Gasteiger partial charge in [0.25, 0.3) is 0 Å². The molecule has 1 unspecified atom stereocenters. The average molecular weight is 183 g/mol. The van der Waals surface area contributed by atoms with Crippen LogP contribution >= 0.6 is 11.6 Å². The second kappa shape index (κ2) is 4.24. The number of halogens is 1. The molecule has 2 nitrogen and oxygen atoms in total. The Kier molecular flexibility index (Phi) is 3.26. The summed E-state index contributed by atoms with van der Waals surface area (Å²) in [6.07, 6.45) is 5.18.